The van der Waals surface area contributed by atoms with Crippen molar-refractivity contribution in [2.75, 3.05) is 7.05 Å². The van der Waals surface area contributed by atoms with Crippen LogP contribution in [0.2, 0.25) is 10.0 Å². The summed E-state index contributed by atoms with van der Waals surface area (Å²) in [6, 6.07) is 5.75. The third-order valence-corrected chi connectivity index (χ3v) is 5.15. The van der Waals surface area contributed by atoms with E-state index in [-0.39, 0.29) is 0 Å². The Labute approximate surface area is 162 Å². The van der Waals surface area contributed by atoms with Crippen LogP contribution in [0.4, 0.5) is 0 Å². The maximum Gasteiger partial charge on any atom is 0.231 e. The van der Waals surface area contributed by atoms with E-state index in [4.69, 9.17) is 27.7 Å². The lowest BCUT2D eigenvalue weighted by Gasteiger charge is -2.06. The highest BCUT2D eigenvalue weighted by molar-refractivity contribution is 6.42. The first-order valence-corrected chi connectivity index (χ1v) is 9.14. The minimum absolute atomic E-state index is 0.293. The third kappa shape index (κ3) is 3.92. The summed E-state index contributed by atoms with van der Waals surface area (Å²) in [4.78, 5) is 4.49. The van der Waals surface area contributed by atoms with Gasteiger partial charge in [-0.15, -0.1) is 0 Å². The summed E-state index contributed by atoms with van der Waals surface area (Å²) in [5.74, 6) is 1.29. The van der Waals surface area contributed by atoms with Crippen LogP contribution < -0.4 is 5.32 Å². The molecular weight excluding hydrogens is 373 g/mol. The quantitative estimate of drug-likeness (QED) is 0.686. The van der Waals surface area contributed by atoms with Gasteiger partial charge >= 0.3 is 0 Å². The molecule has 0 amide bonds. The lowest BCUT2D eigenvalue weighted by Crippen LogP contribution is -2.24. The smallest absolute Gasteiger partial charge is 0.231 e. The summed E-state index contributed by atoms with van der Waals surface area (Å²) >= 11 is 12.1. The molecule has 0 spiro atoms. The van der Waals surface area contributed by atoms with Gasteiger partial charge in [-0.3, -0.25) is 0 Å². The average Bonchev–Trinajstić information content (AvgIpc) is 3.16. The zero-order valence-electron chi connectivity index (χ0n) is 15.2. The molecule has 0 aliphatic rings. The monoisotopic (exact) mass is 393 g/mol. The molecule has 138 valence electrons. The van der Waals surface area contributed by atoms with Crippen molar-refractivity contribution < 1.29 is 4.52 Å². The van der Waals surface area contributed by atoms with Gasteiger partial charge in [-0.2, -0.15) is 10.1 Å². The summed E-state index contributed by atoms with van der Waals surface area (Å²) in [5, 5.41) is 12.9. The Bertz CT molecular complexity index is 918. The molecule has 2 aromatic heterocycles. The number of nitrogens with one attached hydrogen (secondary N) is 1. The standard InChI is InChI=1S/C18H21Cl2N5O/c1-10(21-4)7-17-22-18(26-24-17)9-14-11(2)23-25(12(14)3)13-5-6-15(19)16(20)8-13/h5-6,8,10,21H,7,9H2,1-4H3. The van der Waals surface area contributed by atoms with Crippen molar-refractivity contribution in [2.24, 2.45) is 0 Å². The first kappa shape index (κ1) is 18.9. The van der Waals surface area contributed by atoms with Gasteiger partial charge in [-0.25, -0.2) is 4.68 Å². The van der Waals surface area contributed by atoms with Gasteiger partial charge in [0.15, 0.2) is 5.82 Å². The van der Waals surface area contributed by atoms with Crippen molar-refractivity contribution in [3.8, 4) is 5.69 Å². The fourth-order valence-electron chi connectivity index (χ4n) is 2.77. The van der Waals surface area contributed by atoms with E-state index >= 15 is 0 Å². The van der Waals surface area contributed by atoms with Gasteiger partial charge in [0.25, 0.3) is 0 Å². The van der Waals surface area contributed by atoms with Crippen molar-refractivity contribution in [3.05, 3.63) is 56.9 Å². The zero-order chi connectivity index (χ0) is 18.8. The first-order valence-electron chi connectivity index (χ1n) is 8.38. The van der Waals surface area contributed by atoms with E-state index in [9.17, 15) is 0 Å². The SMILES string of the molecule is CNC(C)Cc1noc(Cc2c(C)nn(-c3ccc(Cl)c(Cl)c3)c2C)n1. The van der Waals surface area contributed by atoms with E-state index in [1.807, 2.05) is 31.6 Å². The molecule has 1 N–H and O–H groups in total. The van der Waals surface area contributed by atoms with Crippen LogP contribution in [0, 0.1) is 13.8 Å². The Balaban J connectivity index is 1.85. The molecule has 0 fully saturated rings. The molecule has 0 aliphatic carbocycles. The predicted octanol–water partition coefficient (Wildman–Crippen LogP) is 3.92. The van der Waals surface area contributed by atoms with Crippen molar-refractivity contribution in [3.63, 3.8) is 0 Å². The molecule has 0 saturated carbocycles. The van der Waals surface area contributed by atoms with Crippen LogP contribution in [0.15, 0.2) is 22.7 Å². The summed E-state index contributed by atoms with van der Waals surface area (Å²) < 4.78 is 7.26. The second kappa shape index (κ2) is 7.78. The van der Waals surface area contributed by atoms with Crippen LogP contribution in [0.3, 0.4) is 0 Å². The topological polar surface area (TPSA) is 68.8 Å². The molecule has 3 rings (SSSR count). The van der Waals surface area contributed by atoms with Crippen LogP contribution >= 0.6 is 23.2 Å². The predicted molar refractivity (Wildman–Crippen MR) is 102 cm³/mol. The van der Waals surface area contributed by atoms with E-state index in [2.05, 4.69) is 27.5 Å². The number of halogens is 2. The number of aromatic nitrogens is 4. The summed E-state index contributed by atoms with van der Waals surface area (Å²) in [7, 11) is 1.91. The molecule has 0 radical (unpaired) electrons. The fourth-order valence-corrected chi connectivity index (χ4v) is 3.06. The number of benzene rings is 1. The fraction of sp³-hybridized carbons (Fsp3) is 0.389. The Kier molecular flexibility index (Phi) is 5.65. The molecule has 1 unspecified atom stereocenters. The molecule has 8 heteroatoms. The van der Waals surface area contributed by atoms with E-state index in [1.54, 1.807) is 12.1 Å². The molecule has 2 heterocycles. The Hall–Kier alpha value is -1.89. The normalized spacial score (nSPS) is 12.5. The number of nitrogens with zero attached hydrogens (tertiary/aromatic N) is 4. The highest BCUT2D eigenvalue weighted by Crippen LogP contribution is 2.26. The molecular formula is C18H21Cl2N5O. The van der Waals surface area contributed by atoms with Crippen molar-refractivity contribution in [2.45, 2.75) is 39.7 Å². The highest BCUT2D eigenvalue weighted by Gasteiger charge is 2.17. The van der Waals surface area contributed by atoms with E-state index < -0.39 is 0 Å². The van der Waals surface area contributed by atoms with Gasteiger partial charge < -0.3 is 9.84 Å². The van der Waals surface area contributed by atoms with Crippen LogP contribution in [-0.4, -0.2) is 33.0 Å². The minimum atomic E-state index is 0.293. The van der Waals surface area contributed by atoms with Crippen molar-refractivity contribution in [1.82, 2.24) is 25.2 Å². The molecule has 0 aliphatic heterocycles. The highest BCUT2D eigenvalue weighted by atomic mass is 35.5. The molecule has 3 aromatic rings. The third-order valence-electron chi connectivity index (χ3n) is 4.41. The number of aryl methyl sites for hydroxylation is 1. The maximum absolute atomic E-state index is 6.14. The summed E-state index contributed by atoms with van der Waals surface area (Å²) in [6.45, 7) is 6.06. The average molecular weight is 394 g/mol. The number of likely N-dealkylation sites (N-methyl/N-ethyl adjacent to an activating group) is 1. The molecule has 1 aromatic carbocycles. The Morgan fingerprint density at radius 1 is 1.23 bits per heavy atom. The maximum atomic E-state index is 6.14. The Morgan fingerprint density at radius 2 is 2.00 bits per heavy atom. The summed E-state index contributed by atoms with van der Waals surface area (Å²) in [6.07, 6.45) is 1.26. The molecule has 0 saturated heterocycles. The zero-order valence-corrected chi connectivity index (χ0v) is 16.7. The number of hydrogen-bond acceptors (Lipinski definition) is 5. The first-order chi connectivity index (χ1) is 12.4. The molecule has 0 bridgehead atoms. The minimum Gasteiger partial charge on any atom is -0.339 e. The van der Waals surface area contributed by atoms with Crippen molar-refractivity contribution in [1.29, 1.82) is 0 Å². The van der Waals surface area contributed by atoms with Crippen LogP contribution in [0.1, 0.15) is 35.6 Å². The number of hydrogen-bond donors (Lipinski definition) is 1. The van der Waals surface area contributed by atoms with E-state index in [0.717, 1.165) is 29.1 Å². The number of rotatable bonds is 6. The lowest BCUT2D eigenvalue weighted by atomic mass is 10.1. The van der Waals surface area contributed by atoms with E-state index in [0.29, 0.717) is 34.2 Å². The second-order valence-electron chi connectivity index (χ2n) is 6.33. The Morgan fingerprint density at radius 3 is 2.69 bits per heavy atom. The van der Waals surface area contributed by atoms with Crippen LogP contribution in [0.5, 0.6) is 0 Å². The van der Waals surface area contributed by atoms with Gasteiger partial charge in [-0.05, 0) is 46.0 Å². The molecule has 26 heavy (non-hydrogen) atoms. The lowest BCUT2D eigenvalue weighted by molar-refractivity contribution is 0.377. The van der Waals surface area contributed by atoms with Crippen LogP contribution in [-0.2, 0) is 12.8 Å². The largest absolute Gasteiger partial charge is 0.339 e. The summed E-state index contributed by atoms with van der Waals surface area (Å²) in [5.41, 5.74) is 3.84. The van der Waals surface area contributed by atoms with Crippen LogP contribution in [0.25, 0.3) is 5.69 Å². The molecule has 1 atom stereocenters. The van der Waals surface area contributed by atoms with Gasteiger partial charge in [0.2, 0.25) is 5.89 Å². The van der Waals surface area contributed by atoms with Gasteiger partial charge in [0, 0.05) is 23.7 Å². The van der Waals surface area contributed by atoms with Gasteiger partial charge in [0.05, 0.1) is 27.8 Å². The molecule has 6 nitrogen and oxygen atoms in total. The van der Waals surface area contributed by atoms with Gasteiger partial charge in [0.1, 0.15) is 0 Å². The van der Waals surface area contributed by atoms with Crippen molar-refractivity contribution >= 4 is 23.2 Å². The van der Waals surface area contributed by atoms with E-state index in [1.165, 1.54) is 0 Å². The second-order valence-corrected chi connectivity index (χ2v) is 7.15. The van der Waals surface area contributed by atoms with Gasteiger partial charge in [-0.1, -0.05) is 28.4 Å².